The first kappa shape index (κ1) is 17.3. The van der Waals surface area contributed by atoms with Gasteiger partial charge in [0, 0.05) is 43.7 Å². The summed E-state index contributed by atoms with van der Waals surface area (Å²) >= 11 is 0. The quantitative estimate of drug-likeness (QED) is 0.758. The topological polar surface area (TPSA) is 61.9 Å². The van der Waals surface area contributed by atoms with E-state index in [0.717, 1.165) is 66.3 Å². The number of nitrogens with one attached hydrogen (secondary N) is 1. The largest absolute Gasteiger partial charge is 0.310 e. The van der Waals surface area contributed by atoms with Gasteiger partial charge in [-0.05, 0) is 48.7 Å². The van der Waals surface area contributed by atoms with E-state index >= 15 is 0 Å². The Morgan fingerprint density at radius 1 is 1.14 bits per heavy atom. The zero-order chi connectivity index (χ0) is 19.1. The van der Waals surface area contributed by atoms with Crippen LogP contribution < -0.4 is 5.56 Å². The van der Waals surface area contributed by atoms with Gasteiger partial charge in [-0.3, -0.25) is 14.7 Å². The van der Waals surface area contributed by atoms with Crippen molar-refractivity contribution in [3.05, 3.63) is 81.4 Å². The van der Waals surface area contributed by atoms with Crippen molar-refractivity contribution >= 4 is 0 Å². The molecule has 3 heterocycles. The van der Waals surface area contributed by atoms with Crippen molar-refractivity contribution in [2.45, 2.75) is 38.3 Å². The summed E-state index contributed by atoms with van der Waals surface area (Å²) < 4.78 is 13.1. The Morgan fingerprint density at radius 2 is 1.96 bits per heavy atom. The standard InChI is InChI=1S/C22H21FN4O/c23-17-6-4-15(5-7-17)19-8-1-14(11-24-19)12-27-10-9-20-18(13-27)22(28)26-21(25-20)16-2-3-16/h1,4-8,11,16H,2-3,9-10,12-13H2,(H,25,26,28). The molecule has 2 aliphatic rings. The van der Waals surface area contributed by atoms with E-state index in [1.165, 1.54) is 12.1 Å². The van der Waals surface area contributed by atoms with Crippen molar-refractivity contribution in [1.82, 2.24) is 19.9 Å². The summed E-state index contributed by atoms with van der Waals surface area (Å²) in [4.78, 5) is 26.9. The third kappa shape index (κ3) is 3.47. The van der Waals surface area contributed by atoms with Gasteiger partial charge >= 0.3 is 0 Å². The maximum absolute atomic E-state index is 13.1. The van der Waals surface area contributed by atoms with Crippen molar-refractivity contribution in [2.24, 2.45) is 0 Å². The number of halogens is 1. The zero-order valence-electron chi connectivity index (χ0n) is 15.5. The highest BCUT2D eigenvalue weighted by Crippen LogP contribution is 2.37. The maximum Gasteiger partial charge on any atom is 0.255 e. The number of pyridine rings is 1. The van der Waals surface area contributed by atoms with Crippen LogP contribution in [0.1, 0.15) is 41.4 Å². The Hall–Kier alpha value is -2.86. The lowest BCUT2D eigenvalue weighted by atomic mass is 10.1. The van der Waals surface area contributed by atoms with Gasteiger partial charge in [0.15, 0.2) is 0 Å². The molecule has 0 unspecified atom stereocenters. The van der Waals surface area contributed by atoms with Gasteiger partial charge in [-0.2, -0.15) is 0 Å². The Morgan fingerprint density at radius 3 is 2.68 bits per heavy atom. The summed E-state index contributed by atoms with van der Waals surface area (Å²) in [5, 5.41) is 0. The first-order valence-electron chi connectivity index (χ1n) is 9.71. The molecule has 0 saturated heterocycles. The smallest absolute Gasteiger partial charge is 0.255 e. The van der Waals surface area contributed by atoms with E-state index < -0.39 is 0 Å². The zero-order valence-corrected chi connectivity index (χ0v) is 15.5. The van der Waals surface area contributed by atoms with E-state index in [9.17, 15) is 9.18 Å². The Bertz CT molecular complexity index is 1060. The minimum atomic E-state index is -0.250. The molecule has 1 fully saturated rings. The molecule has 5 rings (SSSR count). The van der Waals surface area contributed by atoms with Crippen LogP contribution in [0.5, 0.6) is 0 Å². The van der Waals surface area contributed by atoms with E-state index in [1.54, 1.807) is 12.1 Å². The molecule has 1 aromatic carbocycles. The second-order valence-electron chi connectivity index (χ2n) is 7.67. The second-order valence-corrected chi connectivity index (χ2v) is 7.67. The number of hydrogen-bond donors (Lipinski definition) is 1. The fourth-order valence-corrected chi connectivity index (χ4v) is 3.75. The lowest BCUT2D eigenvalue weighted by Crippen LogP contribution is -2.35. The van der Waals surface area contributed by atoms with Gasteiger partial charge in [-0.15, -0.1) is 0 Å². The number of H-pyrrole nitrogens is 1. The number of nitrogens with zero attached hydrogens (tertiary/aromatic N) is 3. The van der Waals surface area contributed by atoms with Gasteiger partial charge < -0.3 is 4.98 Å². The van der Waals surface area contributed by atoms with Crippen LogP contribution in [0.2, 0.25) is 0 Å². The third-order valence-electron chi connectivity index (χ3n) is 5.50. The number of rotatable bonds is 4. The molecule has 1 saturated carbocycles. The summed E-state index contributed by atoms with van der Waals surface area (Å²) in [5.41, 5.74) is 4.58. The van der Waals surface area contributed by atoms with Crippen LogP contribution in [-0.2, 0) is 19.5 Å². The molecule has 28 heavy (non-hydrogen) atoms. The van der Waals surface area contributed by atoms with E-state index in [4.69, 9.17) is 4.98 Å². The van der Waals surface area contributed by atoms with Crippen LogP contribution in [0.4, 0.5) is 4.39 Å². The number of fused-ring (bicyclic) bond motifs is 1. The molecule has 142 valence electrons. The number of benzene rings is 1. The highest BCUT2D eigenvalue weighted by Gasteiger charge is 2.29. The molecule has 1 aliphatic heterocycles. The molecule has 0 bridgehead atoms. The van der Waals surface area contributed by atoms with Crippen molar-refractivity contribution in [3.8, 4) is 11.3 Å². The molecular weight excluding hydrogens is 355 g/mol. The Balaban J connectivity index is 1.29. The summed E-state index contributed by atoms with van der Waals surface area (Å²) in [7, 11) is 0. The average Bonchev–Trinajstić information content (AvgIpc) is 3.55. The Labute approximate surface area is 162 Å². The fraction of sp³-hybridized carbons (Fsp3) is 0.318. The Kier molecular flexibility index (Phi) is 4.28. The first-order valence-corrected chi connectivity index (χ1v) is 9.71. The first-order chi connectivity index (χ1) is 13.7. The summed E-state index contributed by atoms with van der Waals surface area (Å²) in [5.74, 6) is 1.08. The predicted molar refractivity (Wildman–Crippen MR) is 104 cm³/mol. The van der Waals surface area contributed by atoms with Crippen LogP contribution in [0.3, 0.4) is 0 Å². The monoisotopic (exact) mass is 376 g/mol. The van der Waals surface area contributed by atoms with E-state index in [2.05, 4.69) is 14.9 Å². The maximum atomic E-state index is 13.1. The van der Waals surface area contributed by atoms with Crippen LogP contribution in [-0.4, -0.2) is 26.4 Å². The lowest BCUT2D eigenvalue weighted by Gasteiger charge is -2.27. The molecule has 0 radical (unpaired) electrons. The van der Waals surface area contributed by atoms with Crippen molar-refractivity contribution < 1.29 is 4.39 Å². The van der Waals surface area contributed by atoms with E-state index in [0.29, 0.717) is 12.5 Å². The van der Waals surface area contributed by atoms with Crippen molar-refractivity contribution in [2.75, 3.05) is 6.54 Å². The van der Waals surface area contributed by atoms with E-state index in [1.807, 2.05) is 18.3 Å². The molecular formula is C22H21FN4O. The highest BCUT2D eigenvalue weighted by molar-refractivity contribution is 5.58. The minimum Gasteiger partial charge on any atom is -0.310 e. The molecule has 3 aromatic rings. The highest BCUT2D eigenvalue weighted by atomic mass is 19.1. The van der Waals surface area contributed by atoms with Crippen LogP contribution >= 0.6 is 0 Å². The van der Waals surface area contributed by atoms with Crippen LogP contribution in [0.15, 0.2) is 47.4 Å². The van der Waals surface area contributed by atoms with E-state index in [-0.39, 0.29) is 11.4 Å². The van der Waals surface area contributed by atoms with Gasteiger partial charge in [0.1, 0.15) is 11.6 Å². The number of aromatic nitrogens is 3. The second kappa shape index (κ2) is 6.95. The van der Waals surface area contributed by atoms with Gasteiger partial charge in [-0.1, -0.05) is 6.07 Å². The SMILES string of the molecule is O=c1[nH]c(C2CC2)nc2c1CN(Cc1ccc(-c3ccc(F)cc3)nc1)CC2. The minimum absolute atomic E-state index is 0.0152. The van der Waals surface area contributed by atoms with Crippen molar-refractivity contribution in [1.29, 1.82) is 0 Å². The average molecular weight is 376 g/mol. The molecule has 2 aromatic heterocycles. The van der Waals surface area contributed by atoms with Gasteiger partial charge in [0.05, 0.1) is 17.0 Å². The molecule has 1 N–H and O–H groups in total. The van der Waals surface area contributed by atoms with Crippen LogP contribution in [0.25, 0.3) is 11.3 Å². The van der Waals surface area contributed by atoms with Gasteiger partial charge in [0.25, 0.3) is 5.56 Å². The lowest BCUT2D eigenvalue weighted by molar-refractivity contribution is 0.241. The summed E-state index contributed by atoms with van der Waals surface area (Å²) in [6.07, 6.45) is 4.93. The summed E-state index contributed by atoms with van der Waals surface area (Å²) in [6, 6.07) is 10.3. The van der Waals surface area contributed by atoms with Crippen LogP contribution in [0, 0.1) is 5.82 Å². The number of hydrogen-bond acceptors (Lipinski definition) is 4. The number of aromatic amines is 1. The molecule has 0 amide bonds. The molecule has 6 heteroatoms. The molecule has 1 aliphatic carbocycles. The normalized spacial score (nSPS) is 16.8. The summed E-state index contributed by atoms with van der Waals surface area (Å²) in [6.45, 7) is 2.23. The fourth-order valence-electron chi connectivity index (χ4n) is 3.75. The van der Waals surface area contributed by atoms with Gasteiger partial charge in [0.2, 0.25) is 0 Å². The van der Waals surface area contributed by atoms with Gasteiger partial charge in [-0.25, -0.2) is 9.37 Å². The molecule has 5 nitrogen and oxygen atoms in total. The molecule has 0 atom stereocenters. The van der Waals surface area contributed by atoms with Crippen molar-refractivity contribution in [3.63, 3.8) is 0 Å². The molecule has 0 spiro atoms. The third-order valence-corrected chi connectivity index (χ3v) is 5.50. The predicted octanol–water partition coefficient (Wildman–Crippen LogP) is 3.41.